The van der Waals surface area contributed by atoms with Crippen molar-refractivity contribution in [1.29, 1.82) is 0 Å². The number of carbonyl (C=O) groups excluding carboxylic acids is 1. The first-order valence-corrected chi connectivity index (χ1v) is 9.13. The molecule has 1 aliphatic heterocycles. The maximum Gasteiger partial charge on any atom is 0.326 e. The van der Waals surface area contributed by atoms with Gasteiger partial charge < -0.3 is 20.8 Å². The lowest BCUT2D eigenvalue weighted by Crippen LogP contribution is -2.49. The number of aliphatic hydroxyl groups is 1. The summed E-state index contributed by atoms with van der Waals surface area (Å²) in [7, 11) is 0. The Labute approximate surface area is 158 Å². The lowest BCUT2D eigenvalue weighted by molar-refractivity contribution is -0.142. The summed E-state index contributed by atoms with van der Waals surface area (Å²) in [6.45, 7) is 0.743. The molecule has 2 atom stereocenters. The van der Waals surface area contributed by atoms with E-state index in [1.165, 1.54) is 0 Å². The van der Waals surface area contributed by atoms with Gasteiger partial charge in [-0.15, -0.1) is 0 Å². The summed E-state index contributed by atoms with van der Waals surface area (Å²) in [5.41, 5.74) is 3.56. The van der Waals surface area contributed by atoms with E-state index in [4.69, 9.17) is 0 Å². The molecule has 0 aliphatic carbocycles. The van der Waals surface area contributed by atoms with Crippen molar-refractivity contribution in [2.45, 2.75) is 38.0 Å². The zero-order valence-corrected chi connectivity index (χ0v) is 15.0. The summed E-state index contributed by atoms with van der Waals surface area (Å²) < 4.78 is 0. The van der Waals surface area contributed by atoms with Crippen LogP contribution >= 0.6 is 0 Å². The molecule has 0 aromatic heterocycles. The van der Waals surface area contributed by atoms with E-state index >= 15 is 0 Å². The van der Waals surface area contributed by atoms with E-state index in [9.17, 15) is 19.8 Å². The van der Waals surface area contributed by atoms with Crippen LogP contribution in [0.5, 0.6) is 0 Å². The topological polar surface area (TPSA) is 98.7 Å². The second kappa shape index (κ2) is 8.79. The fourth-order valence-electron chi connectivity index (χ4n) is 3.38. The predicted octanol–water partition coefficient (Wildman–Crippen LogP) is 1.71. The minimum atomic E-state index is -1.05. The molecule has 1 fully saturated rings. The highest BCUT2D eigenvalue weighted by molar-refractivity contribution is 5.87. The van der Waals surface area contributed by atoms with Gasteiger partial charge in [0.2, 0.25) is 5.91 Å². The van der Waals surface area contributed by atoms with Gasteiger partial charge in [0.1, 0.15) is 6.04 Å². The molecular formula is C21H24N2O4. The number of aliphatic hydroxyl groups excluding tert-OH is 1. The highest BCUT2D eigenvalue weighted by atomic mass is 16.4. The molecule has 0 bridgehead atoms. The molecule has 6 heteroatoms. The zero-order chi connectivity index (χ0) is 19.2. The highest BCUT2D eigenvalue weighted by Crippen LogP contribution is 2.24. The first-order chi connectivity index (χ1) is 13.1. The molecule has 27 heavy (non-hydrogen) atoms. The average Bonchev–Trinajstić information content (AvgIpc) is 3.23. The van der Waals surface area contributed by atoms with Crippen molar-refractivity contribution in [3.8, 4) is 11.1 Å². The molecule has 1 aliphatic rings. The number of hydrogen-bond acceptors (Lipinski definition) is 4. The third-order valence-corrected chi connectivity index (χ3v) is 4.88. The molecule has 1 saturated heterocycles. The largest absolute Gasteiger partial charge is 0.480 e. The number of nitrogens with one attached hydrogen (secondary N) is 2. The summed E-state index contributed by atoms with van der Waals surface area (Å²) >= 11 is 0. The molecule has 3 rings (SSSR count). The van der Waals surface area contributed by atoms with Gasteiger partial charge in [0.05, 0.1) is 12.6 Å². The Hall–Kier alpha value is -2.70. The summed E-state index contributed by atoms with van der Waals surface area (Å²) in [4.78, 5) is 23.8. The van der Waals surface area contributed by atoms with Crippen LogP contribution in [0.25, 0.3) is 11.1 Å². The van der Waals surface area contributed by atoms with E-state index in [-0.39, 0.29) is 25.0 Å². The Kier molecular flexibility index (Phi) is 6.21. The maximum absolute atomic E-state index is 12.2. The molecule has 0 unspecified atom stereocenters. The smallest absolute Gasteiger partial charge is 0.326 e. The van der Waals surface area contributed by atoms with Crippen LogP contribution in [0.15, 0.2) is 48.5 Å². The summed E-state index contributed by atoms with van der Waals surface area (Å²) in [6.07, 6.45) is 1.87. The van der Waals surface area contributed by atoms with Crippen molar-refractivity contribution in [2.75, 3.05) is 6.54 Å². The van der Waals surface area contributed by atoms with E-state index in [1.54, 1.807) is 0 Å². The second-order valence-corrected chi connectivity index (χ2v) is 6.76. The Bertz CT molecular complexity index is 798. The molecule has 2 aromatic carbocycles. The van der Waals surface area contributed by atoms with Gasteiger partial charge in [-0.2, -0.15) is 0 Å². The fourth-order valence-corrected chi connectivity index (χ4v) is 3.38. The standard InChI is InChI=1S/C21H24N2O4/c24-13-16-4-1-2-5-17(16)15-9-7-14(8-10-15)12-19(21(26)27)23-20(25)18-6-3-11-22-18/h1-2,4-5,7-10,18-19,22,24H,3,6,11-13H2,(H,23,25)(H,26,27)/t18-,19-/m0/s1. The van der Waals surface area contributed by atoms with Gasteiger partial charge in [-0.25, -0.2) is 4.79 Å². The second-order valence-electron chi connectivity index (χ2n) is 6.76. The van der Waals surface area contributed by atoms with Gasteiger partial charge in [0, 0.05) is 6.42 Å². The van der Waals surface area contributed by atoms with Crippen LogP contribution in [0.3, 0.4) is 0 Å². The third-order valence-electron chi connectivity index (χ3n) is 4.88. The van der Waals surface area contributed by atoms with Crippen LogP contribution in [0.4, 0.5) is 0 Å². The van der Waals surface area contributed by atoms with Gasteiger partial charge >= 0.3 is 5.97 Å². The SMILES string of the molecule is O=C(O)[C@H](Cc1ccc(-c2ccccc2CO)cc1)NC(=O)[C@@H]1CCCN1. The van der Waals surface area contributed by atoms with Crippen molar-refractivity contribution in [2.24, 2.45) is 0 Å². The predicted molar refractivity (Wildman–Crippen MR) is 102 cm³/mol. The van der Waals surface area contributed by atoms with Crippen molar-refractivity contribution in [3.05, 3.63) is 59.7 Å². The molecule has 2 aromatic rings. The Morgan fingerprint density at radius 1 is 1.15 bits per heavy atom. The monoisotopic (exact) mass is 368 g/mol. The van der Waals surface area contributed by atoms with Crippen molar-refractivity contribution in [3.63, 3.8) is 0 Å². The van der Waals surface area contributed by atoms with Crippen LogP contribution in [0, 0.1) is 0 Å². The normalized spacial score (nSPS) is 17.4. The minimum Gasteiger partial charge on any atom is -0.480 e. The Morgan fingerprint density at radius 3 is 2.52 bits per heavy atom. The number of aliphatic carboxylic acids is 1. The lowest BCUT2D eigenvalue weighted by Gasteiger charge is -2.18. The first-order valence-electron chi connectivity index (χ1n) is 9.13. The minimum absolute atomic E-state index is 0.0414. The Morgan fingerprint density at radius 2 is 1.89 bits per heavy atom. The van der Waals surface area contributed by atoms with Gasteiger partial charge in [-0.3, -0.25) is 4.79 Å². The molecule has 0 spiro atoms. The van der Waals surface area contributed by atoms with Gasteiger partial charge in [-0.1, -0.05) is 48.5 Å². The van der Waals surface area contributed by atoms with Crippen molar-refractivity contribution < 1.29 is 19.8 Å². The lowest BCUT2D eigenvalue weighted by atomic mass is 9.97. The van der Waals surface area contributed by atoms with Crippen LogP contribution in [0.2, 0.25) is 0 Å². The quantitative estimate of drug-likeness (QED) is 0.596. The van der Waals surface area contributed by atoms with E-state index < -0.39 is 12.0 Å². The van der Waals surface area contributed by atoms with Gasteiger partial charge in [0.15, 0.2) is 0 Å². The molecule has 4 N–H and O–H groups in total. The summed E-state index contributed by atoms with van der Waals surface area (Å²) in [5.74, 6) is -1.30. The number of hydrogen-bond donors (Lipinski definition) is 4. The molecule has 6 nitrogen and oxygen atoms in total. The molecule has 1 amide bonds. The van der Waals surface area contributed by atoms with E-state index in [2.05, 4.69) is 10.6 Å². The highest BCUT2D eigenvalue weighted by Gasteiger charge is 2.27. The molecular weight excluding hydrogens is 344 g/mol. The number of amides is 1. The van der Waals surface area contributed by atoms with Crippen molar-refractivity contribution in [1.82, 2.24) is 10.6 Å². The van der Waals surface area contributed by atoms with Gasteiger partial charge in [0.25, 0.3) is 0 Å². The Balaban J connectivity index is 1.69. The fraction of sp³-hybridized carbons (Fsp3) is 0.333. The number of benzene rings is 2. The van der Waals surface area contributed by atoms with Crippen LogP contribution < -0.4 is 10.6 Å². The third kappa shape index (κ3) is 4.72. The molecule has 0 saturated carbocycles. The zero-order valence-electron chi connectivity index (χ0n) is 15.0. The maximum atomic E-state index is 12.2. The number of carbonyl (C=O) groups is 2. The molecule has 1 heterocycles. The average molecular weight is 368 g/mol. The number of carboxylic acids is 1. The van der Waals surface area contributed by atoms with Crippen molar-refractivity contribution >= 4 is 11.9 Å². The number of carboxylic acid groups (broad SMARTS) is 1. The number of rotatable bonds is 7. The first kappa shape index (κ1) is 19.1. The van der Waals surface area contributed by atoms with Crippen LogP contribution in [-0.2, 0) is 22.6 Å². The van der Waals surface area contributed by atoms with E-state index in [0.29, 0.717) is 0 Å². The van der Waals surface area contributed by atoms with Gasteiger partial charge in [-0.05, 0) is 41.6 Å². The van der Waals surface area contributed by atoms with E-state index in [1.807, 2.05) is 48.5 Å². The summed E-state index contributed by atoms with van der Waals surface area (Å²) in [6, 6.07) is 13.9. The molecule has 0 radical (unpaired) electrons. The van der Waals surface area contributed by atoms with Crippen LogP contribution in [0.1, 0.15) is 24.0 Å². The van der Waals surface area contributed by atoms with Crippen LogP contribution in [-0.4, -0.2) is 40.7 Å². The molecule has 142 valence electrons. The summed E-state index contributed by atoms with van der Waals surface area (Å²) in [5, 5.41) is 24.7. The van der Waals surface area contributed by atoms with E-state index in [0.717, 1.165) is 41.6 Å².